The molecule has 2 aliphatic heterocycles. The molecule has 1 aromatic heterocycles. The number of nitrogens with zero attached hydrogens (tertiary/aromatic N) is 1. The molecule has 0 saturated carbocycles. The van der Waals surface area contributed by atoms with Gasteiger partial charge in [-0.2, -0.15) is 0 Å². The molecule has 6 heteroatoms. The SMILES string of the molecule is CC.CC(C)(CCN1CCC2Cc3[nH]c4ccc(F)cc4c3CI2C1)C(=O)O. The van der Waals surface area contributed by atoms with Crippen molar-refractivity contribution in [2.45, 2.75) is 55.3 Å². The molecular weight excluding hydrogens is 470 g/mol. The van der Waals surface area contributed by atoms with Gasteiger partial charge in [-0.3, -0.25) is 0 Å². The Balaban J connectivity index is 0.00000109. The predicted molar refractivity (Wildman–Crippen MR) is 122 cm³/mol. The molecule has 28 heavy (non-hydrogen) atoms. The van der Waals surface area contributed by atoms with E-state index in [2.05, 4.69) is 9.88 Å². The van der Waals surface area contributed by atoms with Gasteiger partial charge in [0.2, 0.25) is 0 Å². The van der Waals surface area contributed by atoms with Crippen LogP contribution in [0.4, 0.5) is 4.39 Å². The van der Waals surface area contributed by atoms with Crippen LogP contribution >= 0.6 is 19.8 Å². The molecule has 0 aliphatic carbocycles. The Kier molecular flexibility index (Phi) is 6.69. The number of hydrogen-bond donors (Lipinski definition) is 2. The van der Waals surface area contributed by atoms with E-state index in [1.54, 1.807) is 6.07 Å². The van der Waals surface area contributed by atoms with Crippen molar-refractivity contribution in [3.63, 3.8) is 0 Å². The minimum absolute atomic E-state index is 0.161. The van der Waals surface area contributed by atoms with Gasteiger partial charge in [0.25, 0.3) is 0 Å². The van der Waals surface area contributed by atoms with Crippen molar-refractivity contribution in [2.75, 3.05) is 17.6 Å². The Bertz CT molecular complexity index is 848. The number of carboxylic acids is 1. The van der Waals surface area contributed by atoms with Crippen LogP contribution in [0.1, 0.15) is 51.8 Å². The first kappa shape index (κ1) is 21.6. The van der Waals surface area contributed by atoms with E-state index < -0.39 is 31.2 Å². The van der Waals surface area contributed by atoms with Crippen molar-refractivity contribution < 1.29 is 14.3 Å². The Morgan fingerprint density at radius 2 is 2.14 bits per heavy atom. The third kappa shape index (κ3) is 4.37. The summed E-state index contributed by atoms with van der Waals surface area (Å²) in [5, 5.41) is 10.4. The van der Waals surface area contributed by atoms with Crippen LogP contribution in [0.2, 0.25) is 0 Å². The molecule has 156 valence electrons. The molecule has 3 heterocycles. The van der Waals surface area contributed by atoms with Gasteiger partial charge in [0, 0.05) is 0 Å². The summed E-state index contributed by atoms with van der Waals surface area (Å²) in [6.07, 6.45) is 3.03. The number of aromatic nitrogens is 1. The normalized spacial score (nSPS) is 20.9. The van der Waals surface area contributed by atoms with Crippen LogP contribution in [0.15, 0.2) is 18.2 Å². The van der Waals surface area contributed by atoms with Gasteiger partial charge < -0.3 is 0 Å². The van der Waals surface area contributed by atoms with E-state index in [0.717, 1.165) is 38.8 Å². The van der Waals surface area contributed by atoms with Gasteiger partial charge in [0.1, 0.15) is 0 Å². The zero-order chi connectivity index (χ0) is 20.5. The van der Waals surface area contributed by atoms with Gasteiger partial charge in [-0.1, -0.05) is 13.8 Å². The van der Waals surface area contributed by atoms with Crippen LogP contribution < -0.4 is 0 Å². The van der Waals surface area contributed by atoms with E-state index in [-0.39, 0.29) is 5.82 Å². The molecule has 2 N–H and O–H groups in total. The van der Waals surface area contributed by atoms with Crippen LogP contribution in [0, 0.1) is 11.2 Å². The number of aromatic amines is 1. The number of hydrogen-bond acceptors (Lipinski definition) is 2. The molecule has 0 bridgehead atoms. The Hall–Kier alpha value is -1.15. The molecule has 2 aromatic rings. The first-order chi connectivity index (χ1) is 13.3. The Labute approximate surface area is 174 Å². The molecule has 1 aromatic carbocycles. The first-order valence-corrected chi connectivity index (χ1v) is 14.5. The second-order valence-corrected chi connectivity index (χ2v) is 14.2. The molecule has 0 spiro atoms. The second-order valence-electron chi connectivity index (χ2n) is 8.17. The zero-order valence-corrected chi connectivity index (χ0v) is 19.5. The van der Waals surface area contributed by atoms with Crippen LogP contribution in [0.3, 0.4) is 0 Å². The number of halogens is 2. The minimum atomic E-state index is -1.19. The summed E-state index contributed by atoms with van der Waals surface area (Å²) in [5.41, 5.74) is 3.08. The van der Waals surface area contributed by atoms with Gasteiger partial charge >= 0.3 is 161 Å². The number of carbonyl (C=O) groups is 1. The molecule has 0 amide bonds. The predicted octanol–water partition coefficient (Wildman–Crippen LogP) is 5.43. The molecule has 1 unspecified atom stereocenters. The molecule has 0 radical (unpaired) electrons. The van der Waals surface area contributed by atoms with E-state index in [0.29, 0.717) is 6.42 Å². The number of H-pyrrole nitrogens is 1. The molecule has 1 atom stereocenters. The number of alkyl halides is 3. The molecular formula is C22H32FIN2O2. The monoisotopic (exact) mass is 502 g/mol. The van der Waals surface area contributed by atoms with E-state index in [1.165, 1.54) is 28.3 Å². The summed E-state index contributed by atoms with van der Waals surface area (Å²) >= 11 is -1.19. The maximum absolute atomic E-state index is 13.7. The Morgan fingerprint density at radius 1 is 1.39 bits per heavy atom. The third-order valence-corrected chi connectivity index (χ3v) is 13.0. The zero-order valence-electron chi connectivity index (χ0n) is 17.3. The average molecular weight is 502 g/mol. The van der Waals surface area contributed by atoms with Crippen molar-refractivity contribution in [3.05, 3.63) is 35.3 Å². The first-order valence-electron chi connectivity index (χ1n) is 10.2. The standard InChI is InChI=1S/C20H26FIN2O2.C2H6/c1-20(2,19(25)26)6-8-24-7-5-14-10-18-16(11-22(14)12-24)15-9-13(21)3-4-17(15)23-18;1-2/h3-4,9,14,23H,5-8,10-12H2,1-2H3,(H,25,26);1-2H3. The molecule has 1 saturated heterocycles. The third-order valence-electron chi connectivity index (χ3n) is 5.84. The summed E-state index contributed by atoms with van der Waals surface area (Å²) in [6, 6.07) is 5.07. The molecule has 4 rings (SSSR count). The van der Waals surface area contributed by atoms with Crippen molar-refractivity contribution in [2.24, 2.45) is 5.41 Å². The molecule has 1 fully saturated rings. The summed E-state index contributed by atoms with van der Waals surface area (Å²) in [7, 11) is 0. The fourth-order valence-corrected chi connectivity index (χ4v) is 11.3. The number of nitrogens with one attached hydrogen (secondary N) is 1. The second kappa shape index (κ2) is 8.69. The van der Waals surface area contributed by atoms with E-state index in [1.807, 2.05) is 33.8 Å². The topological polar surface area (TPSA) is 56.3 Å². The van der Waals surface area contributed by atoms with Crippen molar-refractivity contribution in [3.8, 4) is 0 Å². The fourth-order valence-electron chi connectivity index (χ4n) is 3.93. The summed E-state index contributed by atoms with van der Waals surface area (Å²) in [6.45, 7) is 9.58. The van der Waals surface area contributed by atoms with Gasteiger partial charge in [0.15, 0.2) is 0 Å². The number of benzene rings is 1. The number of aliphatic carboxylic acids is 1. The molecule has 4 nitrogen and oxygen atoms in total. The maximum atomic E-state index is 13.7. The van der Waals surface area contributed by atoms with Gasteiger partial charge in [-0.25, -0.2) is 0 Å². The van der Waals surface area contributed by atoms with Gasteiger partial charge in [-0.05, 0) is 0 Å². The number of carboxylic acid groups (broad SMARTS) is 1. The van der Waals surface area contributed by atoms with Crippen LogP contribution in [-0.4, -0.2) is 42.5 Å². The molecule has 2 aliphatic rings. The Morgan fingerprint density at radius 3 is 2.86 bits per heavy atom. The van der Waals surface area contributed by atoms with Gasteiger partial charge in [0.05, 0.1) is 0 Å². The summed E-state index contributed by atoms with van der Waals surface area (Å²) in [5.74, 6) is -0.874. The van der Waals surface area contributed by atoms with E-state index in [4.69, 9.17) is 0 Å². The summed E-state index contributed by atoms with van der Waals surface area (Å²) < 4.78 is 16.8. The van der Waals surface area contributed by atoms with Crippen LogP contribution in [-0.2, 0) is 15.6 Å². The number of fused-ring (bicyclic) bond motifs is 4. The van der Waals surface area contributed by atoms with E-state index in [9.17, 15) is 14.3 Å². The van der Waals surface area contributed by atoms with Crippen molar-refractivity contribution in [1.29, 1.82) is 0 Å². The van der Waals surface area contributed by atoms with Gasteiger partial charge in [-0.15, -0.1) is 0 Å². The van der Waals surface area contributed by atoms with Crippen molar-refractivity contribution in [1.82, 2.24) is 9.88 Å². The average Bonchev–Trinajstić information content (AvgIpc) is 3.02. The van der Waals surface area contributed by atoms with Crippen LogP contribution in [0.25, 0.3) is 10.9 Å². The summed E-state index contributed by atoms with van der Waals surface area (Å²) in [4.78, 5) is 17.4. The number of rotatable bonds is 4. The van der Waals surface area contributed by atoms with Crippen LogP contribution in [0.5, 0.6) is 0 Å². The quantitative estimate of drug-likeness (QED) is 0.333. The fraction of sp³-hybridized carbons (Fsp3) is 0.591. The van der Waals surface area contributed by atoms with Crippen molar-refractivity contribution >= 4 is 36.7 Å². The van der Waals surface area contributed by atoms with E-state index >= 15 is 0 Å².